The molecular weight excluding hydrogens is 316 g/mol. The Hall–Kier alpha value is -1.72. The second-order valence-corrected chi connectivity index (χ2v) is 7.00. The zero-order chi connectivity index (χ0) is 18.2. The molecule has 1 amide bonds. The van der Waals surface area contributed by atoms with Gasteiger partial charge >= 0.3 is 0 Å². The molecule has 1 aromatic carbocycles. The van der Waals surface area contributed by atoms with Gasteiger partial charge in [-0.2, -0.15) is 0 Å². The number of aliphatic hydroxyl groups excluding tert-OH is 1. The number of nitrogens with one attached hydrogen (secondary N) is 1. The Balaban J connectivity index is 1.60. The monoisotopic (exact) mass is 346 g/mol. The van der Waals surface area contributed by atoms with Crippen molar-refractivity contribution >= 4 is 11.7 Å². The largest absolute Gasteiger partial charge is 0.393 e. The normalized spacial score (nSPS) is 16.0. The number of ketones is 1. The van der Waals surface area contributed by atoms with Gasteiger partial charge in [0.1, 0.15) is 0 Å². The number of piperidine rings is 1. The smallest absolute Gasteiger partial charge is 0.220 e. The summed E-state index contributed by atoms with van der Waals surface area (Å²) in [6.07, 6.45) is 2.91. The summed E-state index contributed by atoms with van der Waals surface area (Å²) in [4.78, 5) is 26.4. The maximum atomic E-state index is 12.2. The van der Waals surface area contributed by atoms with Crippen molar-refractivity contribution in [1.29, 1.82) is 0 Å². The number of aryl methyl sites for hydroxylation is 2. The zero-order valence-electron chi connectivity index (χ0n) is 15.4. The van der Waals surface area contributed by atoms with Gasteiger partial charge in [-0.1, -0.05) is 12.1 Å². The van der Waals surface area contributed by atoms with Gasteiger partial charge in [-0.3, -0.25) is 9.59 Å². The van der Waals surface area contributed by atoms with Crippen molar-refractivity contribution in [2.75, 3.05) is 26.2 Å². The molecule has 1 heterocycles. The SMILES string of the molecule is Cc1ccc(C(=O)CCC(=O)NCCCN2CCC(O)CC2)cc1C. The number of aliphatic hydroxyl groups is 1. The zero-order valence-corrected chi connectivity index (χ0v) is 15.4. The molecule has 0 aromatic heterocycles. The summed E-state index contributed by atoms with van der Waals surface area (Å²) in [6.45, 7) is 7.44. The summed E-state index contributed by atoms with van der Waals surface area (Å²) in [5.41, 5.74) is 2.95. The highest BCUT2D eigenvalue weighted by atomic mass is 16.3. The van der Waals surface area contributed by atoms with Crippen LogP contribution in [-0.4, -0.2) is 54.0 Å². The van der Waals surface area contributed by atoms with Gasteiger partial charge in [0.25, 0.3) is 0 Å². The van der Waals surface area contributed by atoms with Gasteiger partial charge in [0.15, 0.2) is 5.78 Å². The summed E-state index contributed by atoms with van der Waals surface area (Å²) in [5.74, 6) is -0.0450. The minimum atomic E-state index is -0.147. The molecule has 0 atom stereocenters. The van der Waals surface area contributed by atoms with E-state index in [-0.39, 0.29) is 30.6 Å². The van der Waals surface area contributed by atoms with Crippen LogP contribution in [0.4, 0.5) is 0 Å². The molecule has 2 rings (SSSR count). The predicted octanol–water partition coefficient (Wildman–Crippen LogP) is 2.23. The Kier molecular flexibility index (Phi) is 7.59. The van der Waals surface area contributed by atoms with E-state index >= 15 is 0 Å². The van der Waals surface area contributed by atoms with Crippen molar-refractivity contribution in [3.8, 4) is 0 Å². The molecule has 0 saturated carbocycles. The number of benzene rings is 1. The third kappa shape index (κ3) is 6.59. The lowest BCUT2D eigenvalue weighted by Gasteiger charge is -2.29. The van der Waals surface area contributed by atoms with Crippen molar-refractivity contribution in [2.45, 2.75) is 52.1 Å². The minimum absolute atomic E-state index is 0.0186. The van der Waals surface area contributed by atoms with Crippen LogP contribution in [0.5, 0.6) is 0 Å². The van der Waals surface area contributed by atoms with Crippen LogP contribution in [-0.2, 0) is 4.79 Å². The Morgan fingerprint density at radius 3 is 2.56 bits per heavy atom. The van der Waals surface area contributed by atoms with E-state index in [2.05, 4.69) is 10.2 Å². The molecule has 0 unspecified atom stereocenters. The Morgan fingerprint density at radius 2 is 1.88 bits per heavy atom. The lowest BCUT2D eigenvalue weighted by Crippen LogP contribution is -2.37. The van der Waals surface area contributed by atoms with Gasteiger partial charge in [0.2, 0.25) is 5.91 Å². The second kappa shape index (κ2) is 9.68. The fourth-order valence-corrected chi connectivity index (χ4v) is 3.05. The number of hydrogen-bond donors (Lipinski definition) is 2. The van der Waals surface area contributed by atoms with Gasteiger partial charge in [0.05, 0.1) is 6.10 Å². The van der Waals surface area contributed by atoms with Gasteiger partial charge < -0.3 is 15.3 Å². The van der Waals surface area contributed by atoms with Crippen molar-refractivity contribution in [3.63, 3.8) is 0 Å². The van der Waals surface area contributed by atoms with Crippen molar-refractivity contribution in [3.05, 3.63) is 34.9 Å². The lowest BCUT2D eigenvalue weighted by molar-refractivity contribution is -0.121. The molecule has 138 valence electrons. The number of hydrogen-bond acceptors (Lipinski definition) is 4. The molecule has 0 aliphatic carbocycles. The van der Waals surface area contributed by atoms with Crippen LogP contribution in [0.3, 0.4) is 0 Å². The van der Waals surface area contributed by atoms with Crippen LogP contribution in [0.15, 0.2) is 18.2 Å². The molecule has 1 aromatic rings. The van der Waals surface area contributed by atoms with E-state index in [9.17, 15) is 14.7 Å². The van der Waals surface area contributed by atoms with Gasteiger partial charge in [-0.05, 0) is 56.8 Å². The minimum Gasteiger partial charge on any atom is -0.393 e. The van der Waals surface area contributed by atoms with Crippen LogP contribution in [0.2, 0.25) is 0 Å². The maximum Gasteiger partial charge on any atom is 0.220 e. The standard InChI is InChI=1S/C20H30N2O3/c1-15-4-5-17(14-16(15)2)19(24)6-7-20(25)21-10-3-11-22-12-8-18(23)9-13-22/h4-5,14,18,23H,3,6-13H2,1-2H3,(H,21,25). The number of carbonyl (C=O) groups excluding carboxylic acids is 2. The van der Waals surface area contributed by atoms with Crippen LogP contribution in [0.25, 0.3) is 0 Å². The van der Waals surface area contributed by atoms with E-state index in [1.165, 1.54) is 0 Å². The number of amides is 1. The first kappa shape index (κ1) is 19.6. The first-order valence-electron chi connectivity index (χ1n) is 9.23. The summed E-state index contributed by atoms with van der Waals surface area (Å²) < 4.78 is 0. The molecule has 1 aliphatic rings. The Morgan fingerprint density at radius 1 is 1.16 bits per heavy atom. The molecule has 1 saturated heterocycles. The van der Waals surface area contributed by atoms with Gasteiger partial charge in [-0.25, -0.2) is 0 Å². The number of Topliss-reactive ketones (excluding diaryl/α,β-unsaturated/α-hetero) is 1. The first-order valence-corrected chi connectivity index (χ1v) is 9.23. The lowest BCUT2D eigenvalue weighted by atomic mass is 10.0. The molecule has 0 bridgehead atoms. The Bertz CT molecular complexity index is 593. The molecular formula is C20H30N2O3. The Labute approximate surface area is 150 Å². The van der Waals surface area contributed by atoms with Crippen LogP contribution in [0.1, 0.15) is 53.6 Å². The average Bonchev–Trinajstić information content (AvgIpc) is 2.60. The van der Waals surface area contributed by atoms with E-state index < -0.39 is 0 Å². The highest BCUT2D eigenvalue weighted by Gasteiger charge is 2.16. The topological polar surface area (TPSA) is 69.6 Å². The number of carbonyl (C=O) groups is 2. The number of rotatable bonds is 8. The third-order valence-corrected chi connectivity index (χ3v) is 4.94. The fraction of sp³-hybridized carbons (Fsp3) is 0.600. The molecule has 5 heteroatoms. The van der Waals surface area contributed by atoms with E-state index in [4.69, 9.17) is 0 Å². The maximum absolute atomic E-state index is 12.2. The molecule has 1 fully saturated rings. The summed E-state index contributed by atoms with van der Waals surface area (Å²) in [7, 11) is 0. The highest BCUT2D eigenvalue weighted by molar-refractivity contribution is 5.98. The van der Waals surface area contributed by atoms with E-state index in [0.29, 0.717) is 12.1 Å². The fourth-order valence-electron chi connectivity index (χ4n) is 3.05. The molecule has 2 N–H and O–H groups in total. The summed E-state index contributed by atoms with van der Waals surface area (Å²) in [5, 5.41) is 12.4. The number of nitrogens with zero attached hydrogens (tertiary/aromatic N) is 1. The molecule has 1 aliphatic heterocycles. The van der Waals surface area contributed by atoms with Gasteiger partial charge in [0, 0.05) is 38.0 Å². The third-order valence-electron chi connectivity index (χ3n) is 4.94. The van der Waals surface area contributed by atoms with Crippen LogP contribution >= 0.6 is 0 Å². The predicted molar refractivity (Wildman–Crippen MR) is 98.8 cm³/mol. The molecule has 5 nitrogen and oxygen atoms in total. The van der Waals surface area contributed by atoms with Crippen LogP contribution < -0.4 is 5.32 Å². The van der Waals surface area contributed by atoms with E-state index in [1.54, 1.807) is 0 Å². The quantitative estimate of drug-likeness (QED) is 0.559. The van der Waals surface area contributed by atoms with E-state index in [0.717, 1.165) is 50.0 Å². The van der Waals surface area contributed by atoms with Crippen LogP contribution in [0, 0.1) is 13.8 Å². The number of likely N-dealkylation sites (tertiary alicyclic amines) is 1. The molecule has 25 heavy (non-hydrogen) atoms. The van der Waals surface area contributed by atoms with Crippen molar-refractivity contribution < 1.29 is 14.7 Å². The average molecular weight is 346 g/mol. The highest BCUT2D eigenvalue weighted by Crippen LogP contribution is 2.12. The molecule has 0 spiro atoms. The first-order chi connectivity index (χ1) is 12.0. The summed E-state index contributed by atoms with van der Waals surface area (Å²) in [6, 6.07) is 5.67. The van der Waals surface area contributed by atoms with E-state index in [1.807, 2.05) is 32.0 Å². The van der Waals surface area contributed by atoms with Crippen molar-refractivity contribution in [2.24, 2.45) is 0 Å². The van der Waals surface area contributed by atoms with Gasteiger partial charge in [-0.15, -0.1) is 0 Å². The van der Waals surface area contributed by atoms with Crippen molar-refractivity contribution in [1.82, 2.24) is 10.2 Å². The molecule has 0 radical (unpaired) electrons. The second-order valence-electron chi connectivity index (χ2n) is 7.00. The summed E-state index contributed by atoms with van der Waals surface area (Å²) >= 11 is 0.